The summed E-state index contributed by atoms with van der Waals surface area (Å²) in [7, 11) is -3.63. The second-order valence-electron chi connectivity index (χ2n) is 4.97. The average Bonchev–Trinajstić information content (AvgIpc) is 2.74. The van der Waals surface area contributed by atoms with Crippen LogP contribution in [0.5, 0.6) is 0 Å². The maximum absolute atomic E-state index is 11.2. The Bertz CT molecular complexity index is 530. The summed E-state index contributed by atoms with van der Waals surface area (Å²) in [5.74, 6) is 0. The Morgan fingerprint density at radius 2 is 2.21 bits per heavy atom. The molecular weight excluding hydrogens is 264 g/mol. The Morgan fingerprint density at radius 3 is 2.84 bits per heavy atom. The van der Waals surface area contributed by atoms with E-state index in [2.05, 4.69) is 12.2 Å². The summed E-state index contributed by atoms with van der Waals surface area (Å²) < 4.78 is 28.2. The minimum Gasteiger partial charge on any atom is -0.374 e. The number of hydrogen-bond donors (Lipinski definition) is 2. The largest absolute Gasteiger partial charge is 0.374 e. The smallest absolute Gasteiger partial charge is 0.238 e. The molecule has 0 bridgehead atoms. The highest BCUT2D eigenvalue weighted by Crippen LogP contribution is 2.18. The maximum Gasteiger partial charge on any atom is 0.238 e. The lowest BCUT2D eigenvalue weighted by atomic mass is 10.2. The Balaban J connectivity index is 1.86. The van der Waals surface area contributed by atoms with E-state index in [1.807, 2.05) is 6.07 Å². The second-order valence-corrected chi connectivity index (χ2v) is 6.53. The van der Waals surface area contributed by atoms with E-state index in [1.54, 1.807) is 12.1 Å². The van der Waals surface area contributed by atoms with Gasteiger partial charge in [-0.05, 0) is 37.5 Å². The van der Waals surface area contributed by atoms with E-state index in [4.69, 9.17) is 9.88 Å². The first kappa shape index (κ1) is 14.5. The quantitative estimate of drug-likeness (QED) is 0.845. The molecule has 106 valence electrons. The molecule has 1 aromatic carbocycles. The summed E-state index contributed by atoms with van der Waals surface area (Å²) in [6, 6.07) is 6.67. The van der Waals surface area contributed by atoms with Crippen molar-refractivity contribution in [1.82, 2.24) is 5.32 Å². The van der Waals surface area contributed by atoms with E-state index in [9.17, 15) is 8.42 Å². The molecule has 1 aliphatic rings. The number of rotatable bonds is 5. The predicted molar refractivity (Wildman–Crippen MR) is 73.1 cm³/mol. The van der Waals surface area contributed by atoms with E-state index in [1.165, 1.54) is 6.07 Å². The fourth-order valence-electron chi connectivity index (χ4n) is 2.25. The highest BCUT2D eigenvalue weighted by atomic mass is 32.2. The van der Waals surface area contributed by atoms with Gasteiger partial charge in [-0.2, -0.15) is 0 Å². The van der Waals surface area contributed by atoms with Gasteiger partial charge in [0.05, 0.1) is 17.1 Å². The van der Waals surface area contributed by atoms with Crippen molar-refractivity contribution in [2.75, 3.05) is 6.54 Å². The molecule has 2 atom stereocenters. The maximum atomic E-state index is 11.2. The monoisotopic (exact) mass is 284 g/mol. The Morgan fingerprint density at radius 1 is 1.42 bits per heavy atom. The standard InChI is InChI=1S/C13H20N2O3S/c1-10-5-6-12(18-10)9-15-8-11-3-2-4-13(7-11)19(14,16)17/h2-4,7,10,12,15H,5-6,8-9H2,1H3,(H2,14,16,17). The van der Waals surface area contributed by atoms with Gasteiger partial charge in [0.15, 0.2) is 0 Å². The number of primary sulfonamides is 1. The Labute approximate surface area is 114 Å². The molecule has 0 aromatic heterocycles. The van der Waals surface area contributed by atoms with Crippen LogP contribution in [-0.4, -0.2) is 27.2 Å². The Kier molecular flexibility index (Phi) is 4.57. The molecule has 2 rings (SSSR count). The molecule has 0 spiro atoms. The molecular formula is C13H20N2O3S. The van der Waals surface area contributed by atoms with Crippen LogP contribution in [0, 0.1) is 0 Å². The molecule has 19 heavy (non-hydrogen) atoms. The van der Waals surface area contributed by atoms with E-state index in [-0.39, 0.29) is 11.0 Å². The zero-order chi connectivity index (χ0) is 13.9. The summed E-state index contributed by atoms with van der Waals surface area (Å²) in [6.07, 6.45) is 2.78. The zero-order valence-corrected chi connectivity index (χ0v) is 11.8. The fraction of sp³-hybridized carbons (Fsp3) is 0.538. The van der Waals surface area contributed by atoms with Crippen LogP contribution >= 0.6 is 0 Å². The van der Waals surface area contributed by atoms with Crippen molar-refractivity contribution in [3.63, 3.8) is 0 Å². The van der Waals surface area contributed by atoms with Crippen LogP contribution < -0.4 is 10.5 Å². The molecule has 1 heterocycles. The molecule has 6 heteroatoms. The van der Waals surface area contributed by atoms with Crippen LogP contribution in [0.2, 0.25) is 0 Å². The summed E-state index contributed by atoms with van der Waals surface area (Å²) in [4.78, 5) is 0.150. The van der Waals surface area contributed by atoms with Crippen LogP contribution in [0.4, 0.5) is 0 Å². The lowest BCUT2D eigenvalue weighted by molar-refractivity contribution is 0.0559. The summed E-state index contributed by atoms with van der Waals surface area (Å²) >= 11 is 0. The fourth-order valence-corrected chi connectivity index (χ4v) is 2.83. The second kappa shape index (κ2) is 6.00. The topological polar surface area (TPSA) is 81.4 Å². The molecule has 0 aliphatic carbocycles. The number of benzene rings is 1. The van der Waals surface area contributed by atoms with E-state index in [0.717, 1.165) is 24.9 Å². The van der Waals surface area contributed by atoms with Gasteiger partial charge in [-0.15, -0.1) is 0 Å². The molecule has 5 nitrogen and oxygen atoms in total. The van der Waals surface area contributed by atoms with Gasteiger partial charge in [0.1, 0.15) is 0 Å². The van der Waals surface area contributed by atoms with Crippen molar-refractivity contribution in [3.8, 4) is 0 Å². The van der Waals surface area contributed by atoms with Crippen molar-refractivity contribution in [2.24, 2.45) is 5.14 Å². The minimum atomic E-state index is -3.63. The molecule has 1 aromatic rings. The van der Waals surface area contributed by atoms with Gasteiger partial charge in [-0.1, -0.05) is 12.1 Å². The van der Waals surface area contributed by atoms with Gasteiger partial charge in [0.2, 0.25) is 10.0 Å². The predicted octanol–water partition coefficient (Wildman–Crippen LogP) is 0.991. The highest BCUT2D eigenvalue weighted by molar-refractivity contribution is 7.89. The molecule has 1 saturated heterocycles. The number of nitrogens with one attached hydrogen (secondary N) is 1. The third kappa shape index (κ3) is 4.28. The minimum absolute atomic E-state index is 0.150. The molecule has 0 amide bonds. The van der Waals surface area contributed by atoms with Crippen molar-refractivity contribution in [2.45, 2.75) is 43.4 Å². The summed E-state index contributed by atoms with van der Waals surface area (Å²) in [6.45, 7) is 3.47. The molecule has 1 fully saturated rings. The van der Waals surface area contributed by atoms with Crippen LogP contribution in [0.25, 0.3) is 0 Å². The SMILES string of the molecule is CC1CCC(CNCc2cccc(S(N)(=O)=O)c2)O1. The van der Waals surface area contributed by atoms with Crippen molar-refractivity contribution >= 4 is 10.0 Å². The number of hydrogen-bond acceptors (Lipinski definition) is 4. The molecule has 1 aliphatic heterocycles. The lowest BCUT2D eigenvalue weighted by Gasteiger charge is -2.12. The summed E-state index contributed by atoms with van der Waals surface area (Å²) in [5, 5.41) is 8.38. The first-order valence-corrected chi connectivity index (χ1v) is 7.98. The van der Waals surface area contributed by atoms with Crippen molar-refractivity contribution in [1.29, 1.82) is 0 Å². The first-order valence-electron chi connectivity index (χ1n) is 6.43. The van der Waals surface area contributed by atoms with Crippen LogP contribution in [-0.2, 0) is 21.3 Å². The number of nitrogens with two attached hydrogens (primary N) is 1. The van der Waals surface area contributed by atoms with Gasteiger partial charge in [-0.25, -0.2) is 13.6 Å². The zero-order valence-electron chi connectivity index (χ0n) is 11.0. The van der Waals surface area contributed by atoms with E-state index in [0.29, 0.717) is 12.6 Å². The van der Waals surface area contributed by atoms with Gasteiger partial charge < -0.3 is 10.1 Å². The summed E-state index contributed by atoms with van der Waals surface area (Å²) in [5.41, 5.74) is 0.901. The molecule has 0 saturated carbocycles. The lowest BCUT2D eigenvalue weighted by Crippen LogP contribution is -2.26. The molecule has 2 unspecified atom stereocenters. The van der Waals surface area contributed by atoms with E-state index >= 15 is 0 Å². The number of sulfonamides is 1. The average molecular weight is 284 g/mol. The first-order chi connectivity index (χ1) is 8.95. The number of ether oxygens (including phenoxy) is 1. The van der Waals surface area contributed by atoms with Gasteiger partial charge in [0.25, 0.3) is 0 Å². The van der Waals surface area contributed by atoms with Crippen LogP contribution in [0.15, 0.2) is 29.2 Å². The third-order valence-electron chi connectivity index (χ3n) is 3.25. The molecule has 0 radical (unpaired) electrons. The van der Waals surface area contributed by atoms with Gasteiger partial charge in [-0.3, -0.25) is 0 Å². The van der Waals surface area contributed by atoms with E-state index < -0.39 is 10.0 Å². The molecule has 3 N–H and O–H groups in total. The van der Waals surface area contributed by atoms with Gasteiger partial charge in [0, 0.05) is 13.1 Å². The normalized spacial score (nSPS) is 23.7. The third-order valence-corrected chi connectivity index (χ3v) is 4.16. The van der Waals surface area contributed by atoms with Crippen LogP contribution in [0.1, 0.15) is 25.3 Å². The van der Waals surface area contributed by atoms with Crippen molar-refractivity contribution < 1.29 is 13.2 Å². The highest BCUT2D eigenvalue weighted by Gasteiger charge is 2.20. The van der Waals surface area contributed by atoms with Crippen molar-refractivity contribution in [3.05, 3.63) is 29.8 Å². The van der Waals surface area contributed by atoms with Gasteiger partial charge >= 0.3 is 0 Å². The Hall–Kier alpha value is -0.950. The van der Waals surface area contributed by atoms with Crippen LogP contribution in [0.3, 0.4) is 0 Å².